The van der Waals surface area contributed by atoms with Crippen LogP contribution in [0.1, 0.15) is 17.9 Å². The molecular formula is C18H18FN7O2. The summed E-state index contributed by atoms with van der Waals surface area (Å²) in [5.74, 6) is -0.262. The maximum absolute atomic E-state index is 14.7. The van der Waals surface area contributed by atoms with E-state index in [1.807, 2.05) is 0 Å². The fraction of sp³-hybridized carbons (Fsp3) is 0.278. The third-order valence-corrected chi connectivity index (χ3v) is 4.62. The van der Waals surface area contributed by atoms with Gasteiger partial charge in [0.2, 0.25) is 5.91 Å². The minimum atomic E-state index is -0.454. The Morgan fingerprint density at radius 1 is 1.36 bits per heavy atom. The summed E-state index contributed by atoms with van der Waals surface area (Å²) in [5.41, 5.74) is 1.58. The van der Waals surface area contributed by atoms with Crippen molar-refractivity contribution in [2.75, 3.05) is 11.9 Å². The molecule has 0 aliphatic carbocycles. The molecule has 0 spiro atoms. The molecule has 0 saturated carbocycles. The van der Waals surface area contributed by atoms with Crippen LogP contribution in [-0.4, -0.2) is 48.9 Å². The third-order valence-electron chi connectivity index (χ3n) is 4.62. The molecule has 0 radical (unpaired) electrons. The Hall–Kier alpha value is -3.40. The van der Waals surface area contributed by atoms with E-state index < -0.39 is 11.7 Å². The predicted octanol–water partition coefficient (Wildman–Crippen LogP) is 1.12. The lowest BCUT2D eigenvalue weighted by molar-refractivity contribution is -0.120. The van der Waals surface area contributed by atoms with Gasteiger partial charge < -0.3 is 15.7 Å². The molecule has 0 bridgehead atoms. The largest absolute Gasteiger partial charge is 0.394 e. The van der Waals surface area contributed by atoms with Gasteiger partial charge in [-0.15, -0.1) is 5.10 Å². The zero-order valence-electron chi connectivity index (χ0n) is 15.0. The van der Waals surface area contributed by atoms with E-state index in [1.54, 1.807) is 37.5 Å². The number of benzene rings is 1. The third kappa shape index (κ3) is 3.54. The van der Waals surface area contributed by atoms with Gasteiger partial charge in [0.15, 0.2) is 0 Å². The standard InChI is InChI=1S/C18H18FN7O2/c1-26-24-18(23-25-26)22-16-5-3-11(8-20-16)13-4-2-10(6-15(13)19)14-7-12(9-27)21-17(14)28/h2-6,8,12,14,27H,7,9H2,1H3,(H,21,28)(H,20,22,24)/t12?,14-/m1/s1. The van der Waals surface area contributed by atoms with Crippen molar-refractivity contribution in [2.45, 2.75) is 18.4 Å². The number of hydrogen-bond donors (Lipinski definition) is 3. The van der Waals surface area contributed by atoms with Crippen LogP contribution in [0.4, 0.5) is 16.2 Å². The van der Waals surface area contributed by atoms with Gasteiger partial charge in [-0.3, -0.25) is 4.79 Å². The van der Waals surface area contributed by atoms with E-state index in [-0.39, 0.29) is 18.6 Å². The van der Waals surface area contributed by atoms with Gasteiger partial charge in [-0.25, -0.2) is 9.37 Å². The molecule has 4 rings (SSSR count). The number of pyridine rings is 1. The molecular weight excluding hydrogens is 365 g/mol. The van der Waals surface area contributed by atoms with E-state index in [1.165, 1.54) is 10.9 Å². The molecule has 28 heavy (non-hydrogen) atoms. The van der Waals surface area contributed by atoms with Crippen molar-refractivity contribution in [3.05, 3.63) is 47.9 Å². The minimum absolute atomic E-state index is 0.126. The first-order chi connectivity index (χ1) is 13.5. The van der Waals surface area contributed by atoms with Crippen LogP contribution in [0.5, 0.6) is 0 Å². The van der Waals surface area contributed by atoms with E-state index in [0.717, 1.165) is 0 Å². The summed E-state index contributed by atoms with van der Waals surface area (Å²) in [7, 11) is 1.65. The summed E-state index contributed by atoms with van der Waals surface area (Å²) in [6.07, 6.45) is 1.99. The smallest absolute Gasteiger partial charge is 0.268 e. The molecule has 1 saturated heterocycles. The van der Waals surface area contributed by atoms with Crippen molar-refractivity contribution in [1.82, 2.24) is 30.5 Å². The summed E-state index contributed by atoms with van der Waals surface area (Å²) in [6, 6.07) is 7.88. The van der Waals surface area contributed by atoms with Crippen LogP contribution in [0.2, 0.25) is 0 Å². The molecule has 1 amide bonds. The Bertz CT molecular complexity index is 1010. The molecule has 1 unspecified atom stereocenters. The van der Waals surface area contributed by atoms with Gasteiger partial charge in [-0.2, -0.15) is 4.80 Å². The number of halogens is 1. The van der Waals surface area contributed by atoms with Crippen LogP contribution >= 0.6 is 0 Å². The molecule has 2 aromatic heterocycles. The minimum Gasteiger partial charge on any atom is -0.394 e. The highest BCUT2D eigenvalue weighted by molar-refractivity contribution is 5.86. The van der Waals surface area contributed by atoms with Crippen LogP contribution in [0.25, 0.3) is 11.1 Å². The van der Waals surface area contributed by atoms with E-state index in [0.29, 0.717) is 34.9 Å². The maximum Gasteiger partial charge on any atom is 0.268 e. The molecule has 1 aromatic carbocycles. The van der Waals surface area contributed by atoms with Gasteiger partial charge in [0.1, 0.15) is 11.6 Å². The lowest BCUT2D eigenvalue weighted by Gasteiger charge is -2.10. The molecule has 1 aliphatic rings. The van der Waals surface area contributed by atoms with E-state index in [4.69, 9.17) is 0 Å². The average molecular weight is 383 g/mol. The monoisotopic (exact) mass is 383 g/mol. The summed E-state index contributed by atoms with van der Waals surface area (Å²) in [6.45, 7) is -0.126. The van der Waals surface area contributed by atoms with Crippen molar-refractivity contribution in [1.29, 1.82) is 0 Å². The van der Waals surface area contributed by atoms with Crippen molar-refractivity contribution >= 4 is 17.7 Å². The van der Waals surface area contributed by atoms with Crippen molar-refractivity contribution in [3.8, 4) is 11.1 Å². The Morgan fingerprint density at radius 2 is 2.21 bits per heavy atom. The zero-order chi connectivity index (χ0) is 19.7. The van der Waals surface area contributed by atoms with Crippen LogP contribution in [0, 0.1) is 5.82 Å². The van der Waals surface area contributed by atoms with E-state index in [2.05, 4.69) is 31.0 Å². The highest BCUT2D eigenvalue weighted by atomic mass is 19.1. The lowest BCUT2D eigenvalue weighted by atomic mass is 9.93. The van der Waals surface area contributed by atoms with Gasteiger partial charge in [-0.05, 0) is 35.4 Å². The number of tetrazole rings is 1. The average Bonchev–Trinajstić information content (AvgIpc) is 3.27. The quantitative estimate of drug-likeness (QED) is 0.604. The molecule has 3 heterocycles. The second kappa shape index (κ2) is 7.31. The SMILES string of the molecule is Cn1nnc(Nc2ccc(-c3ccc([C@H]4CC(CO)NC4=O)cc3F)cn2)n1. The van der Waals surface area contributed by atoms with Crippen LogP contribution in [0.3, 0.4) is 0 Å². The predicted molar refractivity (Wildman–Crippen MR) is 98.1 cm³/mol. The highest BCUT2D eigenvalue weighted by Crippen LogP contribution is 2.31. The number of rotatable bonds is 5. The molecule has 1 aliphatic heterocycles. The number of hydrogen-bond acceptors (Lipinski definition) is 7. The van der Waals surface area contributed by atoms with Crippen LogP contribution < -0.4 is 10.6 Å². The summed E-state index contributed by atoms with van der Waals surface area (Å²) in [5, 5.41) is 26.3. The second-order valence-electron chi connectivity index (χ2n) is 6.58. The molecule has 3 N–H and O–H groups in total. The van der Waals surface area contributed by atoms with Gasteiger partial charge in [0.05, 0.1) is 25.6 Å². The highest BCUT2D eigenvalue weighted by Gasteiger charge is 2.32. The molecule has 2 atom stereocenters. The van der Waals surface area contributed by atoms with Gasteiger partial charge in [-0.1, -0.05) is 17.2 Å². The van der Waals surface area contributed by atoms with Crippen LogP contribution in [0.15, 0.2) is 36.5 Å². The number of carbonyl (C=O) groups excluding carboxylic acids is 1. The summed E-state index contributed by atoms with van der Waals surface area (Å²) in [4.78, 5) is 17.6. The lowest BCUT2D eigenvalue weighted by Crippen LogP contribution is -2.28. The van der Waals surface area contributed by atoms with Crippen molar-refractivity contribution in [3.63, 3.8) is 0 Å². The normalized spacial score (nSPS) is 18.9. The first kappa shape index (κ1) is 18.0. The number of carbonyl (C=O) groups is 1. The molecule has 1 fully saturated rings. The number of nitrogens with one attached hydrogen (secondary N) is 2. The summed E-state index contributed by atoms with van der Waals surface area (Å²) < 4.78 is 14.7. The molecule has 9 nitrogen and oxygen atoms in total. The molecule has 10 heteroatoms. The van der Waals surface area contributed by atoms with Crippen molar-refractivity contribution in [2.24, 2.45) is 7.05 Å². The number of aromatic nitrogens is 5. The first-order valence-electron chi connectivity index (χ1n) is 8.71. The second-order valence-corrected chi connectivity index (χ2v) is 6.58. The van der Waals surface area contributed by atoms with Gasteiger partial charge in [0.25, 0.3) is 5.95 Å². The Labute approximate surface area is 159 Å². The van der Waals surface area contributed by atoms with Gasteiger partial charge in [0, 0.05) is 17.3 Å². The molecule has 144 valence electrons. The Kier molecular flexibility index (Phi) is 4.70. The van der Waals surface area contributed by atoms with Crippen molar-refractivity contribution < 1.29 is 14.3 Å². The molecule has 3 aromatic rings. The maximum atomic E-state index is 14.7. The Morgan fingerprint density at radius 3 is 2.82 bits per heavy atom. The number of aliphatic hydroxyl groups excluding tert-OH is 1. The fourth-order valence-corrected chi connectivity index (χ4v) is 3.22. The van der Waals surface area contributed by atoms with E-state index >= 15 is 0 Å². The van der Waals surface area contributed by atoms with Crippen LogP contribution in [-0.2, 0) is 11.8 Å². The first-order valence-corrected chi connectivity index (χ1v) is 8.71. The van der Waals surface area contributed by atoms with E-state index in [9.17, 15) is 14.3 Å². The number of aliphatic hydroxyl groups is 1. The topological polar surface area (TPSA) is 118 Å². The summed E-state index contributed by atoms with van der Waals surface area (Å²) >= 11 is 0. The number of anilines is 2. The van der Waals surface area contributed by atoms with Gasteiger partial charge >= 0.3 is 0 Å². The Balaban J connectivity index is 1.52. The number of nitrogens with zero attached hydrogens (tertiary/aromatic N) is 5. The number of aryl methyl sites for hydroxylation is 1. The number of amides is 1. The fourth-order valence-electron chi connectivity index (χ4n) is 3.22. The zero-order valence-corrected chi connectivity index (χ0v) is 15.0.